The smallest absolute Gasteiger partial charge is 0.0705 e. The molecule has 0 N–H and O–H groups in total. The van der Waals surface area contributed by atoms with Crippen molar-refractivity contribution in [1.82, 2.24) is 4.98 Å². The van der Waals surface area contributed by atoms with Crippen LogP contribution >= 0.6 is 0 Å². The first-order chi connectivity index (χ1) is 12.0. The standard InChI is InChI=1S/C24H25N/c1-5-14-24(3,4)22-17-20(19-11-7-6-8-12-19)18(2)16-21(22)23-13-9-10-15-25-23/h5-17H,1-4H3/b14-5-. The highest BCUT2D eigenvalue weighted by molar-refractivity contribution is 5.76. The lowest BCUT2D eigenvalue weighted by atomic mass is 9.78. The minimum absolute atomic E-state index is 0.0706. The van der Waals surface area contributed by atoms with Gasteiger partial charge in [-0.1, -0.05) is 62.4 Å². The number of aromatic nitrogens is 1. The zero-order valence-electron chi connectivity index (χ0n) is 15.5. The molecular weight excluding hydrogens is 302 g/mol. The van der Waals surface area contributed by atoms with E-state index in [1.165, 1.54) is 27.8 Å². The van der Waals surface area contributed by atoms with E-state index in [9.17, 15) is 0 Å². The van der Waals surface area contributed by atoms with Gasteiger partial charge in [0.1, 0.15) is 0 Å². The van der Waals surface area contributed by atoms with Gasteiger partial charge < -0.3 is 0 Å². The molecule has 0 aliphatic heterocycles. The number of benzene rings is 2. The van der Waals surface area contributed by atoms with Crippen molar-refractivity contribution in [3.8, 4) is 22.4 Å². The third-order valence-corrected chi connectivity index (χ3v) is 4.67. The van der Waals surface area contributed by atoms with Gasteiger partial charge in [0.15, 0.2) is 0 Å². The Kier molecular flexibility index (Phi) is 4.85. The Bertz CT molecular complexity index is 875. The van der Waals surface area contributed by atoms with Gasteiger partial charge in [0.05, 0.1) is 5.69 Å². The highest BCUT2D eigenvalue weighted by Crippen LogP contribution is 2.38. The summed E-state index contributed by atoms with van der Waals surface area (Å²) in [6.45, 7) is 8.79. The van der Waals surface area contributed by atoms with E-state index in [0.717, 1.165) is 5.69 Å². The van der Waals surface area contributed by atoms with Crippen molar-refractivity contribution in [3.63, 3.8) is 0 Å². The number of pyridine rings is 1. The number of aryl methyl sites for hydroxylation is 1. The number of rotatable bonds is 4. The van der Waals surface area contributed by atoms with E-state index in [4.69, 9.17) is 0 Å². The van der Waals surface area contributed by atoms with Crippen LogP contribution in [0.15, 0.2) is 79.0 Å². The van der Waals surface area contributed by atoms with Crippen molar-refractivity contribution < 1.29 is 0 Å². The van der Waals surface area contributed by atoms with Gasteiger partial charge in [-0.15, -0.1) is 0 Å². The van der Waals surface area contributed by atoms with Gasteiger partial charge in [-0.3, -0.25) is 4.98 Å². The van der Waals surface area contributed by atoms with Crippen molar-refractivity contribution >= 4 is 0 Å². The second-order valence-corrected chi connectivity index (χ2v) is 7.02. The maximum atomic E-state index is 4.60. The van der Waals surface area contributed by atoms with E-state index in [1.807, 2.05) is 12.3 Å². The minimum Gasteiger partial charge on any atom is -0.256 e. The Labute approximate surface area is 151 Å². The molecule has 1 heteroatoms. The maximum Gasteiger partial charge on any atom is 0.0705 e. The quantitative estimate of drug-likeness (QED) is 0.493. The zero-order chi connectivity index (χ0) is 17.9. The lowest BCUT2D eigenvalue weighted by Crippen LogP contribution is -2.15. The van der Waals surface area contributed by atoms with Crippen LogP contribution in [0.3, 0.4) is 0 Å². The predicted octanol–water partition coefficient (Wildman–Crippen LogP) is 6.58. The average Bonchev–Trinajstić information content (AvgIpc) is 2.62. The summed E-state index contributed by atoms with van der Waals surface area (Å²) in [5, 5.41) is 0. The first kappa shape index (κ1) is 17.2. The Morgan fingerprint density at radius 2 is 1.60 bits per heavy atom. The fourth-order valence-electron chi connectivity index (χ4n) is 3.41. The van der Waals surface area contributed by atoms with Gasteiger partial charge in [-0.25, -0.2) is 0 Å². The van der Waals surface area contributed by atoms with Crippen LogP contribution in [0.2, 0.25) is 0 Å². The Hall–Kier alpha value is -2.67. The van der Waals surface area contributed by atoms with Gasteiger partial charge in [-0.05, 0) is 60.4 Å². The summed E-state index contributed by atoms with van der Waals surface area (Å²) in [6, 6.07) is 21.3. The molecule has 0 amide bonds. The van der Waals surface area contributed by atoms with Crippen LogP contribution < -0.4 is 0 Å². The number of allylic oxidation sites excluding steroid dienone is 2. The van der Waals surface area contributed by atoms with Crippen molar-refractivity contribution in [3.05, 3.63) is 90.1 Å². The molecule has 3 rings (SSSR count). The fraction of sp³-hybridized carbons (Fsp3) is 0.208. The molecule has 1 heterocycles. The number of hydrogen-bond acceptors (Lipinski definition) is 1. The molecule has 1 aromatic heterocycles. The molecule has 126 valence electrons. The van der Waals surface area contributed by atoms with Gasteiger partial charge in [0.25, 0.3) is 0 Å². The van der Waals surface area contributed by atoms with E-state index >= 15 is 0 Å². The first-order valence-corrected chi connectivity index (χ1v) is 8.79. The molecular formula is C24H25N. The second kappa shape index (κ2) is 7.06. The molecule has 0 aliphatic carbocycles. The molecule has 0 spiro atoms. The van der Waals surface area contributed by atoms with E-state index in [1.54, 1.807) is 0 Å². The fourth-order valence-corrected chi connectivity index (χ4v) is 3.41. The summed E-state index contributed by atoms with van der Waals surface area (Å²) in [7, 11) is 0. The molecule has 0 bridgehead atoms. The normalized spacial score (nSPS) is 11.8. The zero-order valence-corrected chi connectivity index (χ0v) is 15.5. The van der Waals surface area contributed by atoms with Crippen LogP contribution in [-0.4, -0.2) is 4.98 Å². The van der Waals surface area contributed by atoms with Crippen LogP contribution in [0.25, 0.3) is 22.4 Å². The molecule has 0 saturated carbocycles. The third-order valence-electron chi connectivity index (χ3n) is 4.67. The molecule has 2 aromatic carbocycles. The lowest BCUT2D eigenvalue weighted by molar-refractivity contribution is 0.670. The summed E-state index contributed by atoms with van der Waals surface area (Å²) >= 11 is 0. The van der Waals surface area contributed by atoms with Crippen molar-refractivity contribution in [2.24, 2.45) is 0 Å². The van der Waals surface area contributed by atoms with Gasteiger partial charge >= 0.3 is 0 Å². The summed E-state index contributed by atoms with van der Waals surface area (Å²) < 4.78 is 0. The molecule has 0 aliphatic rings. The topological polar surface area (TPSA) is 12.9 Å². The Balaban J connectivity index is 2.28. The molecule has 0 fully saturated rings. The minimum atomic E-state index is -0.0706. The van der Waals surface area contributed by atoms with Crippen LogP contribution in [0, 0.1) is 6.92 Å². The lowest BCUT2D eigenvalue weighted by Gasteiger charge is -2.26. The van der Waals surface area contributed by atoms with Gasteiger partial charge in [0, 0.05) is 17.2 Å². The SMILES string of the molecule is C/C=C\C(C)(C)c1cc(-c2ccccc2)c(C)cc1-c1ccccn1. The summed E-state index contributed by atoms with van der Waals surface area (Å²) in [5.41, 5.74) is 7.27. The maximum absolute atomic E-state index is 4.60. The van der Waals surface area contributed by atoms with E-state index < -0.39 is 0 Å². The molecule has 0 saturated heterocycles. The summed E-state index contributed by atoms with van der Waals surface area (Å²) in [4.78, 5) is 4.60. The second-order valence-electron chi connectivity index (χ2n) is 7.02. The predicted molar refractivity (Wildman–Crippen MR) is 108 cm³/mol. The molecule has 0 unspecified atom stereocenters. The summed E-state index contributed by atoms with van der Waals surface area (Å²) in [5.74, 6) is 0. The van der Waals surface area contributed by atoms with E-state index in [-0.39, 0.29) is 5.41 Å². The Morgan fingerprint density at radius 3 is 2.24 bits per heavy atom. The summed E-state index contributed by atoms with van der Waals surface area (Å²) in [6.07, 6.45) is 6.26. The molecule has 3 aromatic rings. The van der Waals surface area contributed by atoms with Crippen LogP contribution in [0.4, 0.5) is 0 Å². The average molecular weight is 327 g/mol. The number of nitrogens with zero attached hydrogens (tertiary/aromatic N) is 1. The van der Waals surface area contributed by atoms with E-state index in [2.05, 4.69) is 99.4 Å². The van der Waals surface area contributed by atoms with Crippen molar-refractivity contribution in [2.45, 2.75) is 33.1 Å². The number of hydrogen-bond donors (Lipinski definition) is 0. The van der Waals surface area contributed by atoms with Crippen LogP contribution in [-0.2, 0) is 5.41 Å². The third kappa shape index (κ3) is 3.56. The van der Waals surface area contributed by atoms with Crippen LogP contribution in [0.1, 0.15) is 31.9 Å². The highest BCUT2D eigenvalue weighted by atomic mass is 14.7. The molecule has 1 nitrogen and oxygen atoms in total. The van der Waals surface area contributed by atoms with Crippen LogP contribution in [0.5, 0.6) is 0 Å². The highest BCUT2D eigenvalue weighted by Gasteiger charge is 2.23. The van der Waals surface area contributed by atoms with Gasteiger partial charge in [-0.2, -0.15) is 0 Å². The molecule has 0 atom stereocenters. The van der Waals surface area contributed by atoms with E-state index in [0.29, 0.717) is 0 Å². The monoisotopic (exact) mass is 327 g/mol. The van der Waals surface area contributed by atoms with Crippen molar-refractivity contribution in [1.29, 1.82) is 0 Å². The van der Waals surface area contributed by atoms with Gasteiger partial charge in [0.2, 0.25) is 0 Å². The molecule has 0 radical (unpaired) electrons. The van der Waals surface area contributed by atoms with Crippen molar-refractivity contribution in [2.75, 3.05) is 0 Å². The Morgan fingerprint density at radius 1 is 0.880 bits per heavy atom. The molecule has 25 heavy (non-hydrogen) atoms. The first-order valence-electron chi connectivity index (χ1n) is 8.79. The largest absolute Gasteiger partial charge is 0.256 e.